The predicted molar refractivity (Wildman–Crippen MR) is 65.0 cm³/mol. The van der Waals surface area contributed by atoms with Crippen molar-refractivity contribution in [3.8, 4) is 5.75 Å². The molecule has 0 saturated heterocycles. The summed E-state index contributed by atoms with van der Waals surface area (Å²) in [6.07, 6.45) is 4.53. The van der Waals surface area contributed by atoms with Crippen LogP contribution in [0.3, 0.4) is 0 Å². The molecular formula is C12H18N2O. The Bertz CT molecular complexity index is 359. The Morgan fingerprint density at radius 3 is 2.73 bits per heavy atom. The number of phenolic OH excluding ortho intramolecular Hbond substituents is 1. The Morgan fingerprint density at radius 1 is 1.40 bits per heavy atom. The molecule has 0 fully saturated rings. The average molecular weight is 206 g/mol. The molecular weight excluding hydrogens is 188 g/mol. The molecule has 3 nitrogen and oxygen atoms in total. The van der Waals surface area contributed by atoms with Crippen LogP contribution in [0.25, 0.3) is 0 Å². The number of hydrogen-bond acceptors (Lipinski definition) is 3. The van der Waals surface area contributed by atoms with Crippen molar-refractivity contribution >= 4 is 17.6 Å². The van der Waals surface area contributed by atoms with Gasteiger partial charge in [0.2, 0.25) is 0 Å². The van der Waals surface area contributed by atoms with Gasteiger partial charge in [0, 0.05) is 12.3 Å². The number of hydrogen-bond donors (Lipinski definition) is 2. The Hall–Kier alpha value is -1.51. The van der Waals surface area contributed by atoms with E-state index in [-0.39, 0.29) is 5.75 Å². The van der Waals surface area contributed by atoms with E-state index in [0.29, 0.717) is 11.4 Å². The standard InChI is InChI=1S/C12H18N2O/c1-3-5-9-7-10(15)8-11(12(9)13)14-6-4-2/h6-8,15H,3-5,13H2,1-2H3. The zero-order valence-electron chi connectivity index (χ0n) is 9.33. The van der Waals surface area contributed by atoms with E-state index in [9.17, 15) is 5.11 Å². The van der Waals surface area contributed by atoms with E-state index >= 15 is 0 Å². The number of nitrogens with two attached hydrogens (primary N) is 1. The maximum atomic E-state index is 9.51. The second-order valence-electron chi connectivity index (χ2n) is 3.51. The number of benzene rings is 1. The summed E-state index contributed by atoms with van der Waals surface area (Å²) < 4.78 is 0. The van der Waals surface area contributed by atoms with Crippen LogP contribution in [0.2, 0.25) is 0 Å². The van der Waals surface area contributed by atoms with Crippen LogP contribution in [0.15, 0.2) is 17.1 Å². The van der Waals surface area contributed by atoms with Gasteiger partial charge in [-0.25, -0.2) is 0 Å². The number of aliphatic imine (C=N–C) groups is 1. The molecule has 0 aliphatic heterocycles. The lowest BCUT2D eigenvalue weighted by atomic mass is 10.1. The van der Waals surface area contributed by atoms with Gasteiger partial charge >= 0.3 is 0 Å². The van der Waals surface area contributed by atoms with E-state index in [1.807, 2.05) is 6.92 Å². The maximum Gasteiger partial charge on any atom is 0.118 e. The SMILES string of the molecule is CCC=Nc1cc(O)cc(CCC)c1N. The van der Waals surface area contributed by atoms with Crippen molar-refractivity contribution in [2.24, 2.45) is 4.99 Å². The molecule has 0 heterocycles. The minimum atomic E-state index is 0.232. The molecule has 3 N–H and O–H groups in total. The summed E-state index contributed by atoms with van der Waals surface area (Å²) in [7, 11) is 0. The topological polar surface area (TPSA) is 58.6 Å². The van der Waals surface area contributed by atoms with E-state index in [4.69, 9.17) is 5.73 Å². The fourth-order valence-corrected chi connectivity index (χ4v) is 1.45. The monoisotopic (exact) mass is 206 g/mol. The molecule has 82 valence electrons. The van der Waals surface area contributed by atoms with Crippen LogP contribution < -0.4 is 5.73 Å². The van der Waals surface area contributed by atoms with Gasteiger partial charge in [-0.05, 0) is 24.5 Å². The first kappa shape index (κ1) is 11.6. The predicted octanol–water partition coefficient (Wildman–Crippen LogP) is 3.04. The second-order valence-corrected chi connectivity index (χ2v) is 3.51. The molecule has 15 heavy (non-hydrogen) atoms. The Labute approximate surface area is 90.7 Å². The molecule has 0 saturated carbocycles. The lowest BCUT2D eigenvalue weighted by Gasteiger charge is -2.08. The van der Waals surface area contributed by atoms with Crippen LogP contribution in [-0.2, 0) is 6.42 Å². The largest absolute Gasteiger partial charge is 0.508 e. The summed E-state index contributed by atoms with van der Waals surface area (Å²) in [5.41, 5.74) is 8.27. The smallest absolute Gasteiger partial charge is 0.118 e. The van der Waals surface area contributed by atoms with Gasteiger partial charge in [0.15, 0.2) is 0 Å². The van der Waals surface area contributed by atoms with E-state index in [2.05, 4.69) is 11.9 Å². The van der Waals surface area contributed by atoms with Gasteiger partial charge in [0.05, 0.1) is 11.4 Å². The summed E-state index contributed by atoms with van der Waals surface area (Å²) >= 11 is 0. The molecule has 1 rings (SSSR count). The van der Waals surface area contributed by atoms with E-state index in [1.54, 1.807) is 18.3 Å². The van der Waals surface area contributed by atoms with Crippen molar-refractivity contribution in [3.05, 3.63) is 17.7 Å². The fourth-order valence-electron chi connectivity index (χ4n) is 1.45. The lowest BCUT2D eigenvalue weighted by Crippen LogP contribution is -1.94. The highest BCUT2D eigenvalue weighted by atomic mass is 16.3. The highest BCUT2D eigenvalue weighted by Gasteiger charge is 2.05. The van der Waals surface area contributed by atoms with Crippen molar-refractivity contribution in [2.75, 3.05) is 5.73 Å². The Balaban J connectivity index is 3.09. The average Bonchev–Trinajstić information content (AvgIpc) is 2.21. The summed E-state index contributed by atoms with van der Waals surface area (Å²) in [6.45, 7) is 4.09. The number of nitrogen functional groups attached to an aromatic ring is 1. The minimum absolute atomic E-state index is 0.232. The van der Waals surface area contributed by atoms with Gasteiger partial charge in [-0.1, -0.05) is 20.3 Å². The first-order chi connectivity index (χ1) is 7.19. The molecule has 0 radical (unpaired) electrons. The molecule has 0 aromatic heterocycles. The highest BCUT2D eigenvalue weighted by molar-refractivity contribution is 5.74. The summed E-state index contributed by atoms with van der Waals surface area (Å²) in [5, 5.41) is 9.51. The van der Waals surface area contributed by atoms with E-state index in [0.717, 1.165) is 24.8 Å². The normalized spacial score (nSPS) is 11.1. The van der Waals surface area contributed by atoms with Crippen molar-refractivity contribution in [3.63, 3.8) is 0 Å². The van der Waals surface area contributed by atoms with Gasteiger partial charge < -0.3 is 10.8 Å². The maximum absolute atomic E-state index is 9.51. The molecule has 1 aromatic rings. The Morgan fingerprint density at radius 2 is 2.13 bits per heavy atom. The third kappa shape index (κ3) is 2.98. The molecule has 0 bridgehead atoms. The van der Waals surface area contributed by atoms with Gasteiger partial charge in [-0.3, -0.25) is 4.99 Å². The van der Waals surface area contributed by atoms with Crippen LogP contribution >= 0.6 is 0 Å². The molecule has 3 heteroatoms. The van der Waals surface area contributed by atoms with Crippen molar-refractivity contribution in [1.29, 1.82) is 0 Å². The van der Waals surface area contributed by atoms with E-state index in [1.165, 1.54) is 0 Å². The Kier molecular flexibility index (Phi) is 4.16. The minimum Gasteiger partial charge on any atom is -0.508 e. The zero-order chi connectivity index (χ0) is 11.3. The quantitative estimate of drug-likeness (QED) is 0.452. The van der Waals surface area contributed by atoms with Gasteiger partial charge in [-0.15, -0.1) is 0 Å². The van der Waals surface area contributed by atoms with E-state index < -0.39 is 0 Å². The molecule has 0 spiro atoms. The van der Waals surface area contributed by atoms with Crippen molar-refractivity contribution in [2.45, 2.75) is 33.1 Å². The third-order valence-electron chi connectivity index (χ3n) is 2.16. The number of nitrogens with zero attached hydrogens (tertiary/aromatic N) is 1. The summed E-state index contributed by atoms with van der Waals surface area (Å²) in [5.74, 6) is 0.232. The fraction of sp³-hybridized carbons (Fsp3) is 0.417. The third-order valence-corrected chi connectivity index (χ3v) is 2.16. The highest BCUT2D eigenvalue weighted by Crippen LogP contribution is 2.31. The molecule has 0 aliphatic rings. The van der Waals surface area contributed by atoms with Crippen LogP contribution in [-0.4, -0.2) is 11.3 Å². The first-order valence-electron chi connectivity index (χ1n) is 5.32. The van der Waals surface area contributed by atoms with Crippen molar-refractivity contribution in [1.82, 2.24) is 0 Å². The molecule has 0 atom stereocenters. The van der Waals surface area contributed by atoms with Gasteiger partial charge in [-0.2, -0.15) is 0 Å². The number of aryl methyl sites for hydroxylation is 1. The molecule has 1 aromatic carbocycles. The first-order valence-corrected chi connectivity index (χ1v) is 5.32. The number of rotatable bonds is 4. The van der Waals surface area contributed by atoms with Gasteiger partial charge in [0.25, 0.3) is 0 Å². The summed E-state index contributed by atoms with van der Waals surface area (Å²) in [6, 6.07) is 3.31. The summed E-state index contributed by atoms with van der Waals surface area (Å²) in [4.78, 5) is 4.22. The van der Waals surface area contributed by atoms with Crippen molar-refractivity contribution < 1.29 is 5.11 Å². The number of anilines is 1. The lowest BCUT2D eigenvalue weighted by molar-refractivity contribution is 0.475. The van der Waals surface area contributed by atoms with Gasteiger partial charge in [0.1, 0.15) is 5.75 Å². The van der Waals surface area contributed by atoms with Crippen LogP contribution in [0.1, 0.15) is 32.3 Å². The van der Waals surface area contributed by atoms with Crippen LogP contribution in [0.4, 0.5) is 11.4 Å². The van der Waals surface area contributed by atoms with Crippen LogP contribution in [0.5, 0.6) is 5.75 Å². The molecule has 0 unspecified atom stereocenters. The number of phenols is 1. The zero-order valence-corrected chi connectivity index (χ0v) is 9.33. The molecule has 0 aliphatic carbocycles. The second kappa shape index (κ2) is 5.39. The molecule has 0 amide bonds. The van der Waals surface area contributed by atoms with Crippen LogP contribution in [0, 0.1) is 0 Å². The number of aromatic hydroxyl groups is 1.